The Kier molecular flexibility index (Phi) is 5.78. The molecule has 3 nitrogen and oxygen atoms in total. The van der Waals surface area contributed by atoms with Gasteiger partial charge in [0, 0.05) is 31.8 Å². The highest BCUT2D eigenvalue weighted by Crippen LogP contribution is 2.30. The minimum absolute atomic E-state index is 0.0965. The van der Waals surface area contributed by atoms with Gasteiger partial charge in [0.25, 0.3) is 0 Å². The zero-order valence-electron chi connectivity index (χ0n) is 12.0. The summed E-state index contributed by atoms with van der Waals surface area (Å²) in [5.41, 5.74) is 0.846. The van der Waals surface area contributed by atoms with Crippen molar-refractivity contribution < 1.29 is 9.13 Å². The zero-order chi connectivity index (χ0) is 14.5. The molecular formula is C15H22ClFN2O. The maximum Gasteiger partial charge on any atom is 0.142 e. The standard InChI is InChI=1S/C15H22ClFN2O/c1-10(2)18-6-7-19-14-5-8-20-15(14)11-3-4-12(16)13(17)9-11/h3-4,9-10,14-15,18-19H,5-8H2,1-2H3/t14-,15-/m1/s1. The van der Waals surface area contributed by atoms with Crippen LogP contribution in [-0.2, 0) is 4.74 Å². The van der Waals surface area contributed by atoms with E-state index in [9.17, 15) is 4.39 Å². The molecule has 0 unspecified atom stereocenters. The highest BCUT2D eigenvalue weighted by molar-refractivity contribution is 6.30. The molecule has 0 aliphatic carbocycles. The third-order valence-corrected chi connectivity index (χ3v) is 3.75. The first-order valence-electron chi connectivity index (χ1n) is 7.11. The number of nitrogens with one attached hydrogen (secondary N) is 2. The lowest BCUT2D eigenvalue weighted by atomic mass is 10.0. The van der Waals surface area contributed by atoms with Crippen molar-refractivity contribution >= 4 is 11.6 Å². The monoisotopic (exact) mass is 300 g/mol. The fraction of sp³-hybridized carbons (Fsp3) is 0.600. The van der Waals surface area contributed by atoms with E-state index < -0.39 is 0 Å². The summed E-state index contributed by atoms with van der Waals surface area (Å²) in [5.74, 6) is -0.389. The lowest BCUT2D eigenvalue weighted by Crippen LogP contribution is -2.38. The van der Waals surface area contributed by atoms with Crippen molar-refractivity contribution in [3.8, 4) is 0 Å². The molecule has 1 fully saturated rings. The fourth-order valence-electron chi connectivity index (χ4n) is 2.43. The highest BCUT2D eigenvalue weighted by Gasteiger charge is 2.29. The van der Waals surface area contributed by atoms with Crippen molar-refractivity contribution in [2.45, 2.75) is 38.5 Å². The molecule has 0 aromatic heterocycles. The average molecular weight is 301 g/mol. The molecule has 2 rings (SSSR count). The summed E-state index contributed by atoms with van der Waals surface area (Å²) >= 11 is 5.72. The molecule has 1 heterocycles. The minimum Gasteiger partial charge on any atom is -0.372 e. The third-order valence-electron chi connectivity index (χ3n) is 3.45. The first-order chi connectivity index (χ1) is 9.58. The molecule has 0 saturated carbocycles. The van der Waals surface area contributed by atoms with Gasteiger partial charge in [-0.1, -0.05) is 31.5 Å². The topological polar surface area (TPSA) is 33.3 Å². The van der Waals surface area contributed by atoms with Gasteiger partial charge in [0.15, 0.2) is 0 Å². The summed E-state index contributed by atoms with van der Waals surface area (Å²) in [5, 5.41) is 6.99. The number of ether oxygens (including phenoxy) is 1. The fourth-order valence-corrected chi connectivity index (χ4v) is 2.55. The summed E-state index contributed by atoms with van der Waals surface area (Å²) in [6.45, 7) is 6.73. The summed E-state index contributed by atoms with van der Waals surface area (Å²) in [6.07, 6.45) is 0.845. The molecule has 112 valence electrons. The van der Waals surface area contributed by atoms with Gasteiger partial charge in [0.05, 0.1) is 11.1 Å². The first kappa shape index (κ1) is 15.7. The van der Waals surface area contributed by atoms with Gasteiger partial charge in [-0.3, -0.25) is 0 Å². The van der Waals surface area contributed by atoms with Crippen LogP contribution >= 0.6 is 11.6 Å². The Hall–Kier alpha value is -0.680. The number of rotatable bonds is 6. The number of benzene rings is 1. The zero-order valence-corrected chi connectivity index (χ0v) is 12.7. The predicted molar refractivity (Wildman–Crippen MR) is 79.6 cm³/mol. The number of hydrogen-bond acceptors (Lipinski definition) is 3. The van der Waals surface area contributed by atoms with E-state index in [1.54, 1.807) is 6.07 Å². The van der Waals surface area contributed by atoms with E-state index in [0.29, 0.717) is 12.6 Å². The Bertz CT molecular complexity index is 442. The molecule has 0 bridgehead atoms. The van der Waals surface area contributed by atoms with Crippen LogP contribution in [0.5, 0.6) is 0 Å². The Labute approximate surface area is 124 Å². The molecule has 0 radical (unpaired) electrons. The quantitative estimate of drug-likeness (QED) is 0.793. The van der Waals surface area contributed by atoms with Gasteiger partial charge < -0.3 is 15.4 Å². The molecule has 0 amide bonds. The van der Waals surface area contributed by atoms with Crippen molar-refractivity contribution in [1.82, 2.24) is 10.6 Å². The van der Waals surface area contributed by atoms with Crippen molar-refractivity contribution in [2.75, 3.05) is 19.7 Å². The molecule has 1 aliphatic heterocycles. The van der Waals surface area contributed by atoms with Crippen molar-refractivity contribution in [3.63, 3.8) is 0 Å². The van der Waals surface area contributed by atoms with Gasteiger partial charge >= 0.3 is 0 Å². The molecule has 1 aromatic carbocycles. The Morgan fingerprint density at radius 2 is 2.20 bits per heavy atom. The SMILES string of the molecule is CC(C)NCCN[C@@H]1CCO[C@@H]1c1ccc(Cl)c(F)c1. The van der Waals surface area contributed by atoms with Crippen LogP contribution in [0.15, 0.2) is 18.2 Å². The Balaban J connectivity index is 1.91. The van der Waals surface area contributed by atoms with E-state index in [2.05, 4.69) is 24.5 Å². The molecular weight excluding hydrogens is 279 g/mol. The lowest BCUT2D eigenvalue weighted by molar-refractivity contribution is 0.0986. The summed E-state index contributed by atoms with van der Waals surface area (Å²) in [6, 6.07) is 5.61. The molecule has 20 heavy (non-hydrogen) atoms. The van der Waals surface area contributed by atoms with E-state index in [-0.39, 0.29) is 23.0 Å². The number of halogens is 2. The van der Waals surface area contributed by atoms with Gasteiger partial charge in [0.2, 0.25) is 0 Å². The summed E-state index contributed by atoms with van der Waals surface area (Å²) in [4.78, 5) is 0. The average Bonchev–Trinajstić information content (AvgIpc) is 2.86. The first-order valence-corrected chi connectivity index (χ1v) is 7.49. The number of hydrogen-bond donors (Lipinski definition) is 2. The Morgan fingerprint density at radius 3 is 2.90 bits per heavy atom. The van der Waals surface area contributed by atoms with Crippen LogP contribution in [0.2, 0.25) is 5.02 Å². The van der Waals surface area contributed by atoms with Crippen LogP contribution in [0.3, 0.4) is 0 Å². The van der Waals surface area contributed by atoms with E-state index >= 15 is 0 Å². The molecule has 2 N–H and O–H groups in total. The van der Waals surface area contributed by atoms with Crippen LogP contribution in [0, 0.1) is 5.82 Å². The normalized spacial score (nSPS) is 22.6. The van der Waals surface area contributed by atoms with Gasteiger partial charge in [-0.2, -0.15) is 0 Å². The van der Waals surface area contributed by atoms with Crippen LogP contribution in [0.25, 0.3) is 0 Å². The summed E-state index contributed by atoms with van der Waals surface area (Å²) in [7, 11) is 0. The van der Waals surface area contributed by atoms with Crippen LogP contribution in [-0.4, -0.2) is 31.8 Å². The molecule has 1 aromatic rings. The molecule has 5 heteroatoms. The molecule has 1 aliphatic rings. The largest absolute Gasteiger partial charge is 0.372 e. The van der Waals surface area contributed by atoms with E-state index in [0.717, 1.165) is 25.1 Å². The maximum absolute atomic E-state index is 13.5. The second kappa shape index (κ2) is 7.36. The minimum atomic E-state index is -0.389. The second-order valence-corrected chi connectivity index (χ2v) is 5.83. The van der Waals surface area contributed by atoms with E-state index in [4.69, 9.17) is 16.3 Å². The van der Waals surface area contributed by atoms with Crippen LogP contribution < -0.4 is 10.6 Å². The van der Waals surface area contributed by atoms with Gasteiger partial charge in [0.1, 0.15) is 5.82 Å². The van der Waals surface area contributed by atoms with Crippen LogP contribution in [0.1, 0.15) is 31.9 Å². The van der Waals surface area contributed by atoms with Gasteiger partial charge in [-0.05, 0) is 24.1 Å². The second-order valence-electron chi connectivity index (χ2n) is 5.42. The van der Waals surface area contributed by atoms with Crippen LogP contribution in [0.4, 0.5) is 4.39 Å². The summed E-state index contributed by atoms with van der Waals surface area (Å²) < 4.78 is 19.3. The van der Waals surface area contributed by atoms with Gasteiger partial charge in [-0.15, -0.1) is 0 Å². The van der Waals surface area contributed by atoms with Crippen molar-refractivity contribution in [3.05, 3.63) is 34.6 Å². The van der Waals surface area contributed by atoms with E-state index in [1.165, 1.54) is 6.07 Å². The highest BCUT2D eigenvalue weighted by atomic mass is 35.5. The smallest absolute Gasteiger partial charge is 0.142 e. The van der Waals surface area contributed by atoms with Gasteiger partial charge in [-0.25, -0.2) is 4.39 Å². The van der Waals surface area contributed by atoms with Crippen molar-refractivity contribution in [1.29, 1.82) is 0 Å². The molecule has 1 saturated heterocycles. The molecule has 0 spiro atoms. The molecule has 2 atom stereocenters. The third kappa shape index (κ3) is 4.16. The van der Waals surface area contributed by atoms with Crippen molar-refractivity contribution in [2.24, 2.45) is 0 Å². The lowest BCUT2D eigenvalue weighted by Gasteiger charge is -2.21. The van der Waals surface area contributed by atoms with E-state index in [1.807, 2.05) is 6.07 Å². The Morgan fingerprint density at radius 1 is 1.40 bits per heavy atom. The maximum atomic E-state index is 13.5. The predicted octanol–water partition coefficient (Wildman–Crippen LogP) is 2.90.